The third-order valence-electron chi connectivity index (χ3n) is 5.44. The number of nitrogens with zero attached hydrogens (tertiary/aromatic N) is 2. The van der Waals surface area contributed by atoms with Crippen LogP contribution in [0.1, 0.15) is 55.3 Å². The lowest BCUT2D eigenvalue weighted by atomic mass is 10.0. The minimum Gasteiger partial charge on any atom is -0.334 e. The van der Waals surface area contributed by atoms with Gasteiger partial charge >= 0.3 is 0 Å². The van der Waals surface area contributed by atoms with Gasteiger partial charge in [0.15, 0.2) is 0 Å². The molecule has 1 amide bonds. The Kier molecular flexibility index (Phi) is 6.32. The first-order valence-corrected chi connectivity index (χ1v) is 11.1. The quantitative estimate of drug-likeness (QED) is 0.869. The number of hydrogen-bond donors (Lipinski definition) is 1. The van der Waals surface area contributed by atoms with E-state index in [0.717, 1.165) is 44.9 Å². The molecule has 1 atom stereocenters. The van der Waals surface area contributed by atoms with Gasteiger partial charge in [0, 0.05) is 37.8 Å². The summed E-state index contributed by atoms with van der Waals surface area (Å²) in [4.78, 5) is 15.0. The maximum absolute atomic E-state index is 13.0. The Morgan fingerprint density at radius 2 is 1.73 bits per heavy atom. The van der Waals surface area contributed by atoms with Crippen molar-refractivity contribution in [3.8, 4) is 0 Å². The molecule has 1 aromatic rings. The van der Waals surface area contributed by atoms with Gasteiger partial charge in [0.25, 0.3) is 5.91 Å². The highest BCUT2D eigenvalue weighted by atomic mass is 32.2. The Labute approximate surface area is 156 Å². The fourth-order valence-corrected chi connectivity index (χ4v) is 5.46. The summed E-state index contributed by atoms with van der Waals surface area (Å²) in [6, 6.07) is 6.53. The molecule has 26 heavy (non-hydrogen) atoms. The van der Waals surface area contributed by atoms with Crippen LogP contribution in [0, 0.1) is 0 Å². The largest absolute Gasteiger partial charge is 0.334 e. The highest BCUT2D eigenvalue weighted by molar-refractivity contribution is 7.89. The molecule has 2 saturated heterocycles. The molecule has 0 radical (unpaired) electrons. The highest BCUT2D eigenvalue weighted by Crippen LogP contribution is 2.23. The van der Waals surface area contributed by atoms with Crippen molar-refractivity contribution in [2.45, 2.75) is 55.9 Å². The van der Waals surface area contributed by atoms with Crippen LogP contribution in [0.15, 0.2) is 29.2 Å². The molecule has 0 aliphatic carbocycles. The molecule has 144 valence electrons. The number of piperidine rings is 1. The van der Waals surface area contributed by atoms with Crippen LogP contribution in [-0.2, 0) is 10.0 Å². The van der Waals surface area contributed by atoms with Crippen molar-refractivity contribution < 1.29 is 13.2 Å². The van der Waals surface area contributed by atoms with E-state index in [-0.39, 0.29) is 16.8 Å². The summed E-state index contributed by atoms with van der Waals surface area (Å²) in [5.74, 6) is -0.118. The molecule has 2 aliphatic heterocycles. The molecule has 7 heteroatoms. The first kappa shape index (κ1) is 19.3. The standard InChI is InChI=1S/C19H29N3O3S/c20-15-17-9-3-6-13-22(17)19(23)16-8-7-10-18(14-16)26(24,25)21-11-4-1-2-5-12-21/h7-8,10,14,17H,1-6,9,11-13,15,20H2. The second kappa shape index (κ2) is 8.50. The minimum absolute atomic E-state index is 0.0436. The molecule has 0 saturated carbocycles. The fourth-order valence-electron chi connectivity index (χ4n) is 3.90. The van der Waals surface area contributed by atoms with E-state index in [1.807, 2.05) is 0 Å². The van der Waals surface area contributed by atoms with Crippen LogP contribution in [0.3, 0.4) is 0 Å². The average Bonchev–Trinajstić information content (AvgIpc) is 2.97. The fraction of sp³-hybridized carbons (Fsp3) is 0.632. The molecule has 3 rings (SSSR count). The van der Waals surface area contributed by atoms with Gasteiger partial charge in [0.2, 0.25) is 10.0 Å². The number of rotatable bonds is 4. The summed E-state index contributed by atoms with van der Waals surface area (Å²) in [5, 5.41) is 0. The van der Waals surface area contributed by atoms with E-state index < -0.39 is 10.0 Å². The molecule has 1 unspecified atom stereocenters. The van der Waals surface area contributed by atoms with Crippen LogP contribution in [0.25, 0.3) is 0 Å². The summed E-state index contributed by atoms with van der Waals surface area (Å²) < 4.78 is 27.5. The van der Waals surface area contributed by atoms with Crippen LogP contribution in [0.2, 0.25) is 0 Å². The number of carbonyl (C=O) groups is 1. The predicted octanol–water partition coefficient (Wildman–Crippen LogP) is 2.20. The van der Waals surface area contributed by atoms with Crippen LogP contribution >= 0.6 is 0 Å². The molecule has 2 heterocycles. The van der Waals surface area contributed by atoms with Crippen molar-refractivity contribution in [3.63, 3.8) is 0 Å². The summed E-state index contributed by atoms with van der Waals surface area (Å²) in [6.07, 6.45) is 6.88. The Balaban J connectivity index is 1.84. The van der Waals surface area contributed by atoms with Gasteiger partial charge in [-0.15, -0.1) is 0 Å². The number of benzene rings is 1. The van der Waals surface area contributed by atoms with E-state index in [9.17, 15) is 13.2 Å². The lowest BCUT2D eigenvalue weighted by Crippen LogP contribution is -2.47. The maximum atomic E-state index is 13.0. The minimum atomic E-state index is -3.55. The molecule has 0 spiro atoms. The van der Waals surface area contributed by atoms with Gasteiger partial charge in [0.1, 0.15) is 0 Å². The van der Waals surface area contributed by atoms with Crippen molar-refractivity contribution in [2.75, 3.05) is 26.2 Å². The van der Waals surface area contributed by atoms with E-state index in [1.165, 1.54) is 6.07 Å². The number of amides is 1. The van der Waals surface area contributed by atoms with E-state index in [0.29, 0.717) is 31.7 Å². The smallest absolute Gasteiger partial charge is 0.254 e. The summed E-state index contributed by atoms with van der Waals surface area (Å²) in [7, 11) is -3.55. The lowest BCUT2D eigenvalue weighted by molar-refractivity contribution is 0.0623. The Hall–Kier alpha value is -1.44. The molecule has 2 fully saturated rings. The normalized spacial score (nSPS) is 22.8. The monoisotopic (exact) mass is 379 g/mol. The van der Waals surface area contributed by atoms with Gasteiger partial charge in [-0.3, -0.25) is 4.79 Å². The number of sulfonamides is 1. The zero-order valence-electron chi connectivity index (χ0n) is 15.3. The number of likely N-dealkylation sites (tertiary alicyclic amines) is 1. The van der Waals surface area contributed by atoms with Crippen LogP contribution in [0.4, 0.5) is 0 Å². The molecule has 2 aliphatic rings. The highest BCUT2D eigenvalue weighted by Gasteiger charge is 2.29. The van der Waals surface area contributed by atoms with Crippen molar-refractivity contribution in [1.29, 1.82) is 0 Å². The average molecular weight is 380 g/mol. The first-order chi connectivity index (χ1) is 12.5. The van der Waals surface area contributed by atoms with Crippen LogP contribution in [-0.4, -0.2) is 55.8 Å². The topological polar surface area (TPSA) is 83.7 Å². The second-order valence-electron chi connectivity index (χ2n) is 7.23. The SMILES string of the molecule is NCC1CCCCN1C(=O)c1cccc(S(=O)(=O)N2CCCCCC2)c1. The Morgan fingerprint density at radius 3 is 2.42 bits per heavy atom. The van der Waals surface area contributed by atoms with E-state index in [2.05, 4.69) is 0 Å². The maximum Gasteiger partial charge on any atom is 0.254 e. The molecule has 0 aromatic heterocycles. The van der Waals surface area contributed by atoms with Gasteiger partial charge in [-0.25, -0.2) is 8.42 Å². The number of nitrogens with two attached hydrogens (primary N) is 1. The van der Waals surface area contributed by atoms with Gasteiger partial charge in [0.05, 0.1) is 4.90 Å². The zero-order chi connectivity index (χ0) is 18.6. The molecule has 2 N–H and O–H groups in total. The second-order valence-corrected chi connectivity index (χ2v) is 9.17. The third-order valence-corrected chi connectivity index (χ3v) is 7.34. The lowest BCUT2D eigenvalue weighted by Gasteiger charge is -2.35. The van der Waals surface area contributed by atoms with Gasteiger partial charge < -0.3 is 10.6 Å². The van der Waals surface area contributed by atoms with Gasteiger partial charge in [-0.2, -0.15) is 4.31 Å². The molecule has 6 nitrogen and oxygen atoms in total. The Morgan fingerprint density at radius 1 is 1.04 bits per heavy atom. The molecular weight excluding hydrogens is 350 g/mol. The van der Waals surface area contributed by atoms with Crippen molar-refractivity contribution in [2.24, 2.45) is 5.73 Å². The number of hydrogen-bond acceptors (Lipinski definition) is 4. The zero-order valence-corrected chi connectivity index (χ0v) is 16.1. The van der Waals surface area contributed by atoms with Crippen molar-refractivity contribution in [1.82, 2.24) is 9.21 Å². The van der Waals surface area contributed by atoms with Crippen LogP contribution in [0.5, 0.6) is 0 Å². The van der Waals surface area contributed by atoms with Crippen molar-refractivity contribution in [3.05, 3.63) is 29.8 Å². The third kappa shape index (κ3) is 4.10. The van der Waals surface area contributed by atoms with E-state index >= 15 is 0 Å². The Bertz CT molecular complexity index is 727. The first-order valence-electron chi connectivity index (χ1n) is 9.65. The van der Waals surface area contributed by atoms with Crippen molar-refractivity contribution >= 4 is 15.9 Å². The van der Waals surface area contributed by atoms with E-state index in [1.54, 1.807) is 27.4 Å². The van der Waals surface area contributed by atoms with Crippen LogP contribution < -0.4 is 5.73 Å². The molecular formula is C19H29N3O3S. The summed E-state index contributed by atoms with van der Waals surface area (Å²) in [5.41, 5.74) is 6.26. The number of carbonyl (C=O) groups excluding carboxylic acids is 1. The van der Waals surface area contributed by atoms with Gasteiger partial charge in [-0.05, 0) is 50.3 Å². The summed E-state index contributed by atoms with van der Waals surface area (Å²) in [6.45, 7) is 2.24. The summed E-state index contributed by atoms with van der Waals surface area (Å²) >= 11 is 0. The molecule has 0 bridgehead atoms. The van der Waals surface area contributed by atoms with E-state index in [4.69, 9.17) is 5.73 Å². The predicted molar refractivity (Wildman–Crippen MR) is 101 cm³/mol. The van der Waals surface area contributed by atoms with Gasteiger partial charge in [-0.1, -0.05) is 18.9 Å². The molecule has 1 aromatic carbocycles.